The molecule has 4 rings (SSSR count). The van der Waals surface area contributed by atoms with Crippen molar-refractivity contribution in [2.75, 3.05) is 63.2 Å². The van der Waals surface area contributed by atoms with E-state index in [2.05, 4.69) is 37.6 Å². The number of anilines is 5. The van der Waals surface area contributed by atoms with Crippen LogP contribution in [0.2, 0.25) is 0 Å². The quantitative estimate of drug-likeness (QED) is 0.524. The van der Waals surface area contributed by atoms with E-state index in [0.717, 1.165) is 43.2 Å². The minimum atomic E-state index is 0.495. The summed E-state index contributed by atoms with van der Waals surface area (Å²) in [6, 6.07) is 11.9. The molecule has 1 aromatic heterocycles. The minimum absolute atomic E-state index is 0.495. The highest BCUT2D eigenvalue weighted by Gasteiger charge is 2.15. The summed E-state index contributed by atoms with van der Waals surface area (Å²) in [6.07, 6.45) is 1.78. The molecule has 0 saturated carbocycles. The van der Waals surface area contributed by atoms with Crippen molar-refractivity contribution >= 4 is 28.8 Å². The number of aryl methyl sites for hydroxylation is 1. The summed E-state index contributed by atoms with van der Waals surface area (Å²) in [5.74, 6) is 2.82. The Morgan fingerprint density at radius 2 is 1.55 bits per heavy atom. The van der Waals surface area contributed by atoms with E-state index in [1.807, 2.05) is 31.2 Å². The van der Waals surface area contributed by atoms with Crippen molar-refractivity contribution in [1.29, 1.82) is 0 Å². The number of hydrogen-bond donors (Lipinski definition) is 2. The predicted octanol–water partition coefficient (Wildman–Crippen LogP) is 4.13. The zero-order chi connectivity index (χ0) is 23.2. The highest BCUT2D eigenvalue weighted by atomic mass is 16.5. The Morgan fingerprint density at radius 3 is 2.15 bits per heavy atom. The highest BCUT2D eigenvalue weighted by Crippen LogP contribution is 2.40. The van der Waals surface area contributed by atoms with Gasteiger partial charge >= 0.3 is 0 Å². The van der Waals surface area contributed by atoms with Crippen molar-refractivity contribution in [3.8, 4) is 17.2 Å². The van der Waals surface area contributed by atoms with Gasteiger partial charge in [-0.3, -0.25) is 0 Å². The summed E-state index contributed by atoms with van der Waals surface area (Å²) in [5, 5.41) is 6.60. The van der Waals surface area contributed by atoms with E-state index >= 15 is 0 Å². The third kappa shape index (κ3) is 5.20. The highest BCUT2D eigenvalue weighted by molar-refractivity contribution is 5.68. The summed E-state index contributed by atoms with van der Waals surface area (Å²) >= 11 is 0. The number of hydrogen-bond acceptors (Lipinski definition) is 9. The summed E-state index contributed by atoms with van der Waals surface area (Å²) in [6.45, 7) is 5.28. The van der Waals surface area contributed by atoms with Gasteiger partial charge in [-0.15, -0.1) is 0 Å². The van der Waals surface area contributed by atoms with E-state index in [-0.39, 0.29) is 0 Å². The van der Waals surface area contributed by atoms with Crippen LogP contribution < -0.4 is 29.7 Å². The Hall–Kier alpha value is -3.72. The van der Waals surface area contributed by atoms with Gasteiger partial charge < -0.3 is 34.5 Å². The average Bonchev–Trinajstić information content (AvgIpc) is 2.86. The van der Waals surface area contributed by atoms with Crippen LogP contribution in [0, 0.1) is 6.92 Å². The first kappa shape index (κ1) is 22.5. The van der Waals surface area contributed by atoms with Crippen molar-refractivity contribution in [1.82, 2.24) is 9.97 Å². The van der Waals surface area contributed by atoms with Crippen LogP contribution in [-0.2, 0) is 4.74 Å². The molecule has 2 N–H and O–H groups in total. The van der Waals surface area contributed by atoms with E-state index in [9.17, 15) is 0 Å². The van der Waals surface area contributed by atoms with Gasteiger partial charge in [0.1, 0.15) is 5.82 Å². The van der Waals surface area contributed by atoms with Crippen LogP contribution in [0.1, 0.15) is 5.56 Å². The molecule has 0 radical (unpaired) electrons. The van der Waals surface area contributed by atoms with Crippen LogP contribution in [0.5, 0.6) is 17.2 Å². The molecule has 3 aromatic rings. The lowest BCUT2D eigenvalue weighted by atomic mass is 10.2. The lowest BCUT2D eigenvalue weighted by Gasteiger charge is -2.28. The number of rotatable bonds is 8. The molecule has 0 amide bonds. The summed E-state index contributed by atoms with van der Waals surface area (Å²) in [7, 11) is 4.75. The van der Waals surface area contributed by atoms with E-state index in [1.54, 1.807) is 27.5 Å². The van der Waals surface area contributed by atoms with Gasteiger partial charge in [0.15, 0.2) is 11.5 Å². The Labute approximate surface area is 193 Å². The maximum Gasteiger partial charge on any atom is 0.229 e. The molecular weight excluding hydrogens is 422 g/mol. The van der Waals surface area contributed by atoms with Crippen LogP contribution >= 0.6 is 0 Å². The van der Waals surface area contributed by atoms with Gasteiger partial charge in [0.05, 0.1) is 34.5 Å². The maximum atomic E-state index is 5.44. The Bertz CT molecular complexity index is 1060. The molecule has 1 aliphatic rings. The average molecular weight is 452 g/mol. The lowest BCUT2D eigenvalue weighted by Crippen LogP contribution is -2.36. The van der Waals surface area contributed by atoms with Gasteiger partial charge in [-0.1, -0.05) is 0 Å². The first-order valence-electron chi connectivity index (χ1n) is 10.7. The van der Waals surface area contributed by atoms with Gasteiger partial charge in [0.2, 0.25) is 11.7 Å². The second-order valence-electron chi connectivity index (χ2n) is 7.54. The second kappa shape index (κ2) is 10.3. The molecule has 0 spiro atoms. The molecule has 9 heteroatoms. The largest absolute Gasteiger partial charge is 0.493 e. The molecular formula is C24H29N5O4. The van der Waals surface area contributed by atoms with Gasteiger partial charge in [-0.2, -0.15) is 4.98 Å². The summed E-state index contributed by atoms with van der Waals surface area (Å²) in [5.41, 5.74) is 3.75. The SMILES string of the molecule is COc1cc(Nc2nc(Nc3ccc(N4CCOCC4)cc3)ncc2C)cc(OC)c1OC. The first-order valence-corrected chi connectivity index (χ1v) is 10.7. The van der Waals surface area contributed by atoms with E-state index in [1.165, 1.54) is 5.69 Å². The van der Waals surface area contributed by atoms with E-state index < -0.39 is 0 Å². The predicted molar refractivity (Wildman–Crippen MR) is 129 cm³/mol. The van der Waals surface area contributed by atoms with Crippen molar-refractivity contribution in [2.45, 2.75) is 6.92 Å². The van der Waals surface area contributed by atoms with Crippen molar-refractivity contribution in [3.05, 3.63) is 48.2 Å². The molecule has 0 bridgehead atoms. The molecule has 9 nitrogen and oxygen atoms in total. The van der Waals surface area contributed by atoms with Crippen LogP contribution in [0.3, 0.4) is 0 Å². The smallest absolute Gasteiger partial charge is 0.229 e. The molecule has 2 aromatic carbocycles. The number of aromatic nitrogens is 2. The Morgan fingerprint density at radius 1 is 0.879 bits per heavy atom. The van der Waals surface area contributed by atoms with Gasteiger partial charge in [-0.25, -0.2) is 4.98 Å². The molecule has 1 saturated heterocycles. The normalized spacial score (nSPS) is 13.4. The summed E-state index contributed by atoms with van der Waals surface area (Å²) < 4.78 is 21.7. The monoisotopic (exact) mass is 451 g/mol. The minimum Gasteiger partial charge on any atom is -0.493 e. The zero-order valence-electron chi connectivity index (χ0n) is 19.3. The van der Waals surface area contributed by atoms with Crippen molar-refractivity contribution in [2.24, 2.45) is 0 Å². The number of nitrogens with one attached hydrogen (secondary N) is 2. The van der Waals surface area contributed by atoms with Gasteiger partial charge in [0.25, 0.3) is 0 Å². The van der Waals surface area contributed by atoms with Crippen molar-refractivity contribution in [3.63, 3.8) is 0 Å². The first-order chi connectivity index (χ1) is 16.1. The molecule has 33 heavy (non-hydrogen) atoms. The number of nitrogens with zero attached hydrogens (tertiary/aromatic N) is 3. The molecule has 174 valence electrons. The molecule has 1 aliphatic heterocycles. The van der Waals surface area contributed by atoms with Gasteiger partial charge in [-0.05, 0) is 31.2 Å². The molecule has 1 fully saturated rings. The number of methoxy groups -OCH3 is 3. The fourth-order valence-corrected chi connectivity index (χ4v) is 3.63. The fourth-order valence-electron chi connectivity index (χ4n) is 3.63. The number of benzene rings is 2. The Kier molecular flexibility index (Phi) is 6.99. The Balaban J connectivity index is 1.51. The van der Waals surface area contributed by atoms with Crippen LogP contribution in [0.4, 0.5) is 28.8 Å². The molecule has 2 heterocycles. The zero-order valence-corrected chi connectivity index (χ0v) is 19.3. The van der Waals surface area contributed by atoms with Gasteiger partial charge in [0, 0.05) is 54.0 Å². The topological polar surface area (TPSA) is 90.0 Å². The van der Waals surface area contributed by atoms with Crippen LogP contribution in [0.25, 0.3) is 0 Å². The van der Waals surface area contributed by atoms with Crippen molar-refractivity contribution < 1.29 is 18.9 Å². The van der Waals surface area contributed by atoms with Crippen LogP contribution in [0.15, 0.2) is 42.6 Å². The third-order valence-electron chi connectivity index (χ3n) is 5.40. The van der Waals surface area contributed by atoms with E-state index in [4.69, 9.17) is 18.9 Å². The second-order valence-corrected chi connectivity index (χ2v) is 7.54. The molecule has 0 atom stereocenters. The number of ether oxygens (including phenoxy) is 4. The maximum absolute atomic E-state index is 5.44. The standard InChI is InChI=1S/C24H29N5O4/c1-16-15-25-24(27-17-5-7-19(8-6-17)29-9-11-33-12-10-29)28-23(16)26-18-13-20(30-2)22(32-4)21(14-18)31-3/h5-8,13-15H,9-12H2,1-4H3,(H2,25,26,27,28). The fraction of sp³-hybridized carbons (Fsp3) is 0.333. The molecule has 0 unspecified atom stereocenters. The molecule has 0 aliphatic carbocycles. The lowest BCUT2D eigenvalue weighted by molar-refractivity contribution is 0.122. The number of morpholine rings is 1. The van der Waals surface area contributed by atoms with E-state index in [0.29, 0.717) is 29.0 Å². The third-order valence-corrected chi connectivity index (χ3v) is 5.40. The summed E-state index contributed by atoms with van der Waals surface area (Å²) in [4.78, 5) is 11.4. The van der Waals surface area contributed by atoms with Crippen LogP contribution in [-0.4, -0.2) is 57.6 Å².